The summed E-state index contributed by atoms with van der Waals surface area (Å²) in [7, 11) is 0. The van der Waals surface area contributed by atoms with Crippen molar-refractivity contribution < 1.29 is 9.63 Å². The molecule has 190 valence electrons. The zero-order chi connectivity index (χ0) is 24.8. The number of anilines is 1. The van der Waals surface area contributed by atoms with Crippen LogP contribution in [0.3, 0.4) is 0 Å². The minimum absolute atomic E-state index is 0.00918. The molecule has 35 heavy (non-hydrogen) atoms. The Bertz CT molecular complexity index is 1050. The van der Waals surface area contributed by atoms with Gasteiger partial charge in [0.05, 0.1) is 30.8 Å². The summed E-state index contributed by atoms with van der Waals surface area (Å²) in [4.78, 5) is 32.7. The van der Waals surface area contributed by atoms with E-state index in [0.29, 0.717) is 30.8 Å². The van der Waals surface area contributed by atoms with Crippen LogP contribution < -0.4 is 16.4 Å². The normalized spacial score (nSPS) is 21.0. The van der Waals surface area contributed by atoms with Gasteiger partial charge in [0.15, 0.2) is 0 Å². The van der Waals surface area contributed by atoms with E-state index < -0.39 is 0 Å². The molecule has 2 aliphatic rings. The molecule has 1 aliphatic heterocycles. The van der Waals surface area contributed by atoms with Crippen molar-refractivity contribution in [3.8, 4) is 0 Å². The van der Waals surface area contributed by atoms with Gasteiger partial charge >= 0.3 is 0 Å². The van der Waals surface area contributed by atoms with Gasteiger partial charge in [0.1, 0.15) is 5.82 Å². The number of hydrogen-bond donors (Lipinski definition) is 3. The number of fused-ring (bicyclic) bond motifs is 1. The smallest absolute Gasteiger partial charge is 0.289 e. The quantitative estimate of drug-likeness (QED) is 0.388. The van der Waals surface area contributed by atoms with Crippen LogP contribution in [0.2, 0.25) is 0 Å². The third-order valence-electron chi connectivity index (χ3n) is 7.12. The minimum atomic E-state index is -0.240. The number of carbonyl (C=O) groups is 1. The van der Waals surface area contributed by atoms with Gasteiger partial charge in [0.25, 0.3) is 5.91 Å². The Hall–Kier alpha value is -2.94. The lowest BCUT2D eigenvalue weighted by Crippen LogP contribution is -2.41. The molecule has 2 heterocycles. The molecule has 1 aromatic carbocycles. The Morgan fingerprint density at radius 1 is 1.23 bits per heavy atom. The van der Waals surface area contributed by atoms with E-state index >= 15 is 0 Å². The van der Waals surface area contributed by atoms with Crippen molar-refractivity contribution in [2.45, 2.75) is 77.8 Å². The fourth-order valence-electron chi connectivity index (χ4n) is 4.82. The lowest BCUT2D eigenvalue weighted by atomic mass is 9.90. The molecule has 1 amide bonds. The second-order valence-corrected chi connectivity index (χ2v) is 9.69. The number of benzene rings is 1. The number of aryl methyl sites for hydroxylation is 1. The molecule has 9 nitrogen and oxygen atoms in total. The number of aromatic nitrogens is 2. The van der Waals surface area contributed by atoms with Crippen molar-refractivity contribution >= 4 is 28.6 Å². The molecule has 4 N–H and O–H groups in total. The topological polar surface area (TPSA) is 118 Å². The van der Waals surface area contributed by atoms with E-state index in [2.05, 4.69) is 35.5 Å². The molecule has 1 aliphatic carbocycles. The highest BCUT2D eigenvalue weighted by molar-refractivity contribution is 5.96. The Morgan fingerprint density at radius 2 is 2.03 bits per heavy atom. The maximum absolute atomic E-state index is 13.0. The number of guanidine groups is 1. The maximum atomic E-state index is 13.0. The van der Waals surface area contributed by atoms with Crippen LogP contribution in [0.15, 0.2) is 23.2 Å². The number of amides is 1. The van der Waals surface area contributed by atoms with Crippen LogP contribution in [0.4, 0.5) is 5.82 Å². The summed E-state index contributed by atoms with van der Waals surface area (Å²) in [5.41, 5.74) is 8.13. The standard InChI is InChI=1S/C26H39N7O2/c1-4-18(5-2)16-28-25(34)24-29-20-12-11-17(3)15-19(20)23(32-24)30-21-9-6-7-10-22(21)31-26(27)33-13-8-14-35-33/h11-12,15,18,21-22H,4-10,13-14,16H2,1-3H3,(H2,27,31)(H,28,34)(H,29,30,32)/t21-,22+/m0/s1. The van der Waals surface area contributed by atoms with Gasteiger partial charge in [-0.05, 0) is 44.2 Å². The fraction of sp³-hybridized carbons (Fsp3) is 0.615. The fourth-order valence-corrected chi connectivity index (χ4v) is 4.82. The lowest BCUT2D eigenvalue weighted by Gasteiger charge is -2.31. The van der Waals surface area contributed by atoms with Gasteiger partial charge in [-0.1, -0.05) is 51.2 Å². The zero-order valence-electron chi connectivity index (χ0n) is 21.2. The Balaban J connectivity index is 1.60. The first-order chi connectivity index (χ1) is 17.0. The highest BCUT2D eigenvalue weighted by atomic mass is 16.7. The van der Waals surface area contributed by atoms with Crippen LogP contribution >= 0.6 is 0 Å². The van der Waals surface area contributed by atoms with Crippen molar-refractivity contribution in [2.24, 2.45) is 16.6 Å². The largest absolute Gasteiger partial charge is 0.368 e. The summed E-state index contributed by atoms with van der Waals surface area (Å²) < 4.78 is 0. The van der Waals surface area contributed by atoms with Gasteiger partial charge in [-0.15, -0.1) is 0 Å². The number of nitrogens with one attached hydrogen (secondary N) is 2. The van der Waals surface area contributed by atoms with Crippen molar-refractivity contribution in [3.05, 3.63) is 29.6 Å². The molecule has 0 radical (unpaired) electrons. The van der Waals surface area contributed by atoms with Crippen LogP contribution in [0.1, 0.15) is 75.0 Å². The second kappa shape index (κ2) is 11.7. The van der Waals surface area contributed by atoms with Crippen LogP contribution in [0, 0.1) is 12.8 Å². The highest BCUT2D eigenvalue weighted by Crippen LogP contribution is 2.28. The molecule has 0 spiro atoms. The molecule has 2 fully saturated rings. The van der Waals surface area contributed by atoms with Crippen molar-refractivity contribution in [1.82, 2.24) is 20.3 Å². The van der Waals surface area contributed by atoms with Crippen molar-refractivity contribution in [2.75, 3.05) is 25.0 Å². The number of hydroxylamine groups is 2. The van der Waals surface area contributed by atoms with Gasteiger partial charge in [-0.3, -0.25) is 9.63 Å². The van der Waals surface area contributed by atoms with E-state index in [-0.39, 0.29) is 23.8 Å². The third-order valence-corrected chi connectivity index (χ3v) is 7.12. The van der Waals surface area contributed by atoms with Crippen LogP contribution in [0.25, 0.3) is 10.9 Å². The van der Waals surface area contributed by atoms with Crippen molar-refractivity contribution in [1.29, 1.82) is 0 Å². The van der Waals surface area contributed by atoms with Gasteiger partial charge in [0, 0.05) is 11.9 Å². The number of rotatable bonds is 8. The Labute approximate surface area is 207 Å². The number of carbonyl (C=O) groups excluding carboxylic acids is 1. The van der Waals surface area contributed by atoms with Crippen LogP contribution in [-0.4, -0.2) is 58.7 Å². The van der Waals surface area contributed by atoms with Crippen LogP contribution in [-0.2, 0) is 4.84 Å². The first kappa shape index (κ1) is 25.2. The van der Waals surface area contributed by atoms with Gasteiger partial charge in [0.2, 0.25) is 11.8 Å². The summed E-state index contributed by atoms with van der Waals surface area (Å²) in [6.07, 6.45) is 7.11. The summed E-state index contributed by atoms with van der Waals surface area (Å²) in [6, 6.07) is 6.10. The van der Waals surface area contributed by atoms with Gasteiger partial charge in [-0.2, -0.15) is 0 Å². The number of nitrogens with zero attached hydrogens (tertiary/aromatic N) is 4. The lowest BCUT2D eigenvalue weighted by molar-refractivity contribution is -0.0456. The summed E-state index contributed by atoms with van der Waals surface area (Å²) >= 11 is 0. The predicted octanol–water partition coefficient (Wildman–Crippen LogP) is 3.78. The predicted molar refractivity (Wildman–Crippen MR) is 139 cm³/mol. The molecule has 4 rings (SSSR count). The third kappa shape index (κ3) is 6.20. The van der Waals surface area contributed by atoms with E-state index in [1.54, 1.807) is 5.06 Å². The Morgan fingerprint density at radius 3 is 2.77 bits per heavy atom. The SMILES string of the molecule is CCC(CC)CNC(=O)c1nc(N[C@H]2CCCC[C@H]2N=C(N)N2CCCO2)c2cc(C)ccc2n1. The zero-order valence-corrected chi connectivity index (χ0v) is 21.2. The molecule has 2 atom stereocenters. The second-order valence-electron chi connectivity index (χ2n) is 9.69. The molecular formula is C26H39N7O2. The maximum Gasteiger partial charge on any atom is 0.289 e. The van der Waals surface area contributed by atoms with Crippen molar-refractivity contribution in [3.63, 3.8) is 0 Å². The van der Waals surface area contributed by atoms with Gasteiger partial charge in [-0.25, -0.2) is 20.0 Å². The molecule has 1 saturated carbocycles. The molecule has 0 bridgehead atoms. The average Bonchev–Trinajstić information content (AvgIpc) is 3.41. The first-order valence-electron chi connectivity index (χ1n) is 13.0. The average molecular weight is 482 g/mol. The van der Waals surface area contributed by atoms with E-state index in [9.17, 15) is 4.79 Å². The summed E-state index contributed by atoms with van der Waals surface area (Å²) in [5.74, 6) is 1.51. The Kier molecular flexibility index (Phi) is 8.38. The molecule has 1 aromatic heterocycles. The van der Waals surface area contributed by atoms with E-state index in [0.717, 1.165) is 68.0 Å². The number of aliphatic imine (C=N–C) groups is 1. The van der Waals surface area contributed by atoms with E-state index in [1.807, 2.05) is 19.1 Å². The van der Waals surface area contributed by atoms with Crippen LogP contribution in [0.5, 0.6) is 0 Å². The highest BCUT2D eigenvalue weighted by Gasteiger charge is 2.28. The molecule has 1 saturated heterocycles. The number of hydrogen-bond acceptors (Lipinski definition) is 6. The van der Waals surface area contributed by atoms with E-state index in [1.165, 1.54) is 0 Å². The molecule has 9 heteroatoms. The molecule has 2 aromatic rings. The van der Waals surface area contributed by atoms with E-state index in [4.69, 9.17) is 20.5 Å². The molecule has 0 unspecified atom stereocenters. The number of nitrogens with two attached hydrogens (primary N) is 1. The minimum Gasteiger partial charge on any atom is -0.368 e. The van der Waals surface area contributed by atoms with Gasteiger partial charge < -0.3 is 16.4 Å². The first-order valence-corrected chi connectivity index (χ1v) is 13.0. The summed E-state index contributed by atoms with van der Waals surface area (Å²) in [5, 5.41) is 9.25. The summed E-state index contributed by atoms with van der Waals surface area (Å²) in [6.45, 7) is 8.40. The monoisotopic (exact) mass is 481 g/mol. The molecular weight excluding hydrogens is 442 g/mol.